The molecule has 160 valence electrons. The van der Waals surface area contributed by atoms with Gasteiger partial charge in [-0.1, -0.05) is 0 Å². The first-order valence-corrected chi connectivity index (χ1v) is 9.10. The number of rotatable bonds is 4. The predicted octanol–water partition coefficient (Wildman–Crippen LogP) is 2.55. The van der Waals surface area contributed by atoms with Crippen LogP contribution in [-0.2, 0) is 14.4 Å². The summed E-state index contributed by atoms with van der Waals surface area (Å²) in [6.45, 7) is 4.93. The third kappa shape index (κ3) is 3.77. The number of ketones is 2. The molecular weight excluding hydrogens is 408 g/mol. The van der Waals surface area contributed by atoms with Gasteiger partial charge in [-0.25, -0.2) is 0 Å². The van der Waals surface area contributed by atoms with E-state index < -0.39 is 29.5 Å². The van der Waals surface area contributed by atoms with E-state index in [0.29, 0.717) is 0 Å². The van der Waals surface area contributed by atoms with Gasteiger partial charge in [-0.3, -0.25) is 24.0 Å². The van der Waals surface area contributed by atoms with E-state index >= 15 is 0 Å². The maximum atomic E-state index is 13.5. The summed E-state index contributed by atoms with van der Waals surface area (Å²) < 4.78 is 20.7. The van der Waals surface area contributed by atoms with Crippen molar-refractivity contribution in [2.75, 3.05) is 7.11 Å². The van der Waals surface area contributed by atoms with Gasteiger partial charge in [-0.2, -0.15) is 0 Å². The third-order valence-corrected chi connectivity index (χ3v) is 4.51. The number of hydrogen-bond acceptors (Lipinski definition) is 9. The Bertz CT molecular complexity index is 1170. The number of methoxy groups -OCH3 is 1. The second-order valence-corrected chi connectivity index (χ2v) is 6.71. The van der Waals surface area contributed by atoms with Crippen LogP contribution in [-0.4, -0.2) is 36.6 Å². The lowest BCUT2D eigenvalue weighted by Crippen LogP contribution is -2.25. The zero-order chi connectivity index (χ0) is 23.0. The highest BCUT2D eigenvalue weighted by Gasteiger charge is 2.39. The Morgan fingerprint density at radius 3 is 1.77 bits per heavy atom. The second kappa shape index (κ2) is 8.02. The number of carbonyl (C=O) groups excluding carboxylic acids is 5. The topological polar surface area (TPSA) is 122 Å². The van der Waals surface area contributed by atoms with E-state index in [1.807, 2.05) is 0 Å². The summed E-state index contributed by atoms with van der Waals surface area (Å²) in [4.78, 5) is 61.7. The lowest BCUT2D eigenvalue weighted by atomic mass is 9.81. The van der Waals surface area contributed by atoms with Crippen molar-refractivity contribution in [3.63, 3.8) is 0 Å². The van der Waals surface area contributed by atoms with Gasteiger partial charge in [0.15, 0.2) is 5.78 Å². The molecule has 0 saturated carbocycles. The van der Waals surface area contributed by atoms with Crippen molar-refractivity contribution in [2.45, 2.75) is 27.7 Å². The molecule has 2 aromatic rings. The molecule has 0 fully saturated rings. The minimum Gasteiger partial charge on any atom is -0.496 e. The molecule has 9 heteroatoms. The van der Waals surface area contributed by atoms with Crippen LogP contribution >= 0.6 is 0 Å². The third-order valence-electron chi connectivity index (χ3n) is 4.51. The van der Waals surface area contributed by atoms with Gasteiger partial charge in [-0.05, 0) is 25.1 Å². The van der Waals surface area contributed by atoms with E-state index in [-0.39, 0.29) is 50.8 Å². The number of benzene rings is 2. The molecule has 0 bridgehead atoms. The van der Waals surface area contributed by atoms with Gasteiger partial charge < -0.3 is 18.9 Å². The molecule has 0 unspecified atom stereocenters. The molecule has 0 heterocycles. The maximum absolute atomic E-state index is 13.5. The predicted molar refractivity (Wildman–Crippen MR) is 105 cm³/mol. The fourth-order valence-corrected chi connectivity index (χ4v) is 3.35. The van der Waals surface area contributed by atoms with Gasteiger partial charge in [0.25, 0.3) is 0 Å². The van der Waals surface area contributed by atoms with Crippen molar-refractivity contribution in [2.24, 2.45) is 0 Å². The zero-order valence-electron chi connectivity index (χ0n) is 17.4. The highest BCUT2D eigenvalue weighted by Crippen LogP contribution is 2.44. The molecule has 1 aliphatic rings. The number of fused-ring (bicyclic) bond motifs is 2. The van der Waals surface area contributed by atoms with E-state index in [1.165, 1.54) is 32.2 Å². The molecule has 0 aliphatic heterocycles. The van der Waals surface area contributed by atoms with Crippen LogP contribution in [0.15, 0.2) is 18.2 Å². The SMILES string of the molecule is COc1ccc(OC(C)=O)c2c1C(=O)c1c(cc(OC(C)=O)c(C)c1OC(C)=O)C2=O. The molecule has 9 nitrogen and oxygen atoms in total. The second-order valence-electron chi connectivity index (χ2n) is 6.71. The van der Waals surface area contributed by atoms with Gasteiger partial charge in [0.2, 0.25) is 5.78 Å². The van der Waals surface area contributed by atoms with E-state index in [1.54, 1.807) is 0 Å². The monoisotopic (exact) mass is 426 g/mol. The molecule has 0 spiro atoms. The smallest absolute Gasteiger partial charge is 0.308 e. The van der Waals surface area contributed by atoms with E-state index in [4.69, 9.17) is 18.9 Å². The summed E-state index contributed by atoms with van der Waals surface area (Å²) in [5.41, 5.74) is -0.481. The van der Waals surface area contributed by atoms with Gasteiger partial charge in [-0.15, -0.1) is 0 Å². The highest BCUT2D eigenvalue weighted by atomic mass is 16.5. The van der Waals surface area contributed by atoms with Crippen molar-refractivity contribution >= 4 is 29.5 Å². The molecule has 0 saturated heterocycles. The van der Waals surface area contributed by atoms with Gasteiger partial charge in [0.1, 0.15) is 23.0 Å². The van der Waals surface area contributed by atoms with E-state index in [9.17, 15) is 24.0 Å². The molecule has 0 aromatic heterocycles. The Hall–Kier alpha value is -4.01. The molecule has 0 atom stereocenters. The summed E-state index contributed by atoms with van der Waals surface area (Å²) in [5.74, 6) is -3.78. The van der Waals surface area contributed by atoms with E-state index in [0.717, 1.165) is 20.8 Å². The number of ether oxygens (including phenoxy) is 4. The largest absolute Gasteiger partial charge is 0.496 e. The average molecular weight is 426 g/mol. The van der Waals surface area contributed by atoms with Gasteiger partial charge in [0.05, 0.1) is 23.8 Å². The molecule has 31 heavy (non-hydrogen) atoms. The Morgan fingerprint density at radius 1 is 0.710 bits per heavy atom. The fourth-order valence-electron chi connectivity index (χ4n) is 3.35. The van der Waals surface area contributed by atoms with Crippen LogP contribution in [0, 0.1) is 6.92 Å². The van der Waals surface area contributed by atoms with Crippen molar-refractivity contribution in [1.29, 1.82) is 0 Å². The van der Waals surface area contributed by atoms with Crippen molar-refractivity contribution in [1.82, 2.24) is 0 Å². The van der Waals surface area contributed by atoms with Gasteiger partial charge >= 0.3 is 17.9 Å². The summed E-state index contributed by atoms with van der Waals surface area (Å²) in [6, 6.07) is 3.95. The van der Waals surface area contributed by atoms with Gasteiger partial charge in [0, 0.05) is 31.9 Å². The molecule has 1 aliphatic carbocycles. The Morgan fingerprint density at radius 2 is 1.23 bits per heavy atom. The summed E-state index contributed by atoms with van der Waals surface area (Å²) in [6.07, 6.45) is 0. The first-order valence-electron chi connectivity index (χ1n) is 9.10. The van der Waals surface area contributed by atoms with Crippen LogP contribution < -0.4 is 18.9 Å². The van der Waals surface area contributed by atoms with Crippen LogP contribution in [0.1, 0.15) is 58.2 Å². The highest BCUT2D eigenvalue weighted by molar-refractivity contribution is 6.31. The molecule has 0 amide bonds. The number of hydrogen-bond donors (Lipinski definition) is 0. The molecule has 2 aromatic carbocycles. The summed E-state index contributed by atoms with van der Waals surface area (Å²) >= 11 is 0. The first-order chi connectivity index (χ1) is 14.6. The summed E-state index contributed by atoms with van der Waals surface area (Å²) in [7, 11) is 1.32. The quantitative estimate of drug-likeness (QED) is 0.457. The minimum absolute atomic E-state index is 0.0518. The van der Waals surface area contributed by atoms with E-state index in [2.05, 4.69) is 0 Å². The molecule has 0 radical (unpaired) electrons. The molecule has 0 N–H and O–H groups in total. The fraction of sp³-hybridized carbons (Fsp3) is 0.227. The summed E-state index contributed by atoms with van der Waals surface area (Å²) in [5, 5.41) is 0. The zero-order valence-corrected chi connectivity index (χ0v) is 17.4. The Labute approximate surface area is 176 Å². The molecular formula is C22H18O9. The van der Waals surface area contributed by atoms with Crippen molar-refractivity contribution < 1.29 is 42.9 Å². The van der Waals surface area contributed by atoms with Crippen LogP contribution in [0.5, 0.6) is 23.0 Å². The Balaban J connectivity index is 2.39. The average Bonchev–Trinajstić information content (AvgIpc) is 2.67. The number of carbonyl (C=O) groups is 5. The minimum atomic E-state index is -0.739. The first kappa shape index (κ1) is 21.7. The van der Waals surface area contributed by atoms with Crippen LogP contribution in [0.4, 0.5) is 0 Å². The van der Waals surface area contributed by atoms with Crippen LogP contribution in [0.3, 0.4) is 0 Å². The normalized spacial score (nSPS) is 11.9. The Kier molecular flexibility index (Phi) is 5.61. The van der Waals surface area contributed by atoms with Crippen molar-refractivity contribution in [3.05, 3.63) is 46.0 Å². The maximum Gasteiger partial charge on any atom is 0.308 e. The number of esters is 3. The lowest BCUT2D eigenvalue weighted by Gasteiger charge is -2.24. The van der Waals surface area contributed by atoms with Crippen molar-refractivity contribution in [3.8, 4) is 23.0 Å². The lowest BCUT2D eigenvalue weighted by molar-refractivity contribution is -0.133. The standard InChI is InChI=1S/C22H18O9/c1-9-16(30-11(3)24)8-13-17(22(9)31-12(4)25)21(27)18-14(28-5)6-7-15(29-10(2)23)19(18)20(13)26/h6-8H,1-5H3. The van der Waals surface area contributed by atoms with Crippen LogP contribution in [0.25, 0.3) is 0 Å². The molecule has 3 rings (SSSR count). The van der Waals surface area contributed by atoms with Crippen LogP contribution in [0.2, 0.25) is 0 Å².